The molecule has 1 amide bonds. The average Bonchev–Trinajstić information content (AvgIpc) is 2.76. The summed E-state index contributed by atoms with van der Waals surface area (Å²) >= 11 is 0. The highest BCUT2D eigenvalue weighted by molar-refractivity contribution is 5.81. The third-order valence-electron chi connectivity index (χ3n) is 3.94. The Labute approximate surface area is 126 Å². The lowest BCUT2D eigenvalue weighted by Gasteiger charge is -2.21. The summed E-state index contributed by atoms with van der Waals surface area (Å²) in [6.07, 6.45) is 6.59. The Balaban J connectivity index is 1.89. The van der Waals surface area contributed by atoms with Crippen LogP contribution in [0, 0.1) is 0 Å². The van der Waals surface area contributed by atoms with Crippen LogP contribution in [0.5, 0.6) is 11.5 Å². The molecule has 4 nitrogen and oxygen atoms in total. The standard InChI is InChI=1S/C17H25NO3/c1-13(21-16-12-8-7-11-15(16)20-2)17(19)18-14-9-5-3-4-6-10-14/h7-8,11-14H,3-6,9-10H2,1-2H3,(H,18,19). The number of methoxy groups -OCH3 is 1. The summed E-state index contributed by atoms with van der Waals surface area (Å²) in [5, 5.41) is 3.11. The van der Waals surface area contributed by atoms with E-state index in [2.05, 4.69) is 5.32 Å². The first kappa shape index (κ1) is 15.7. The Morgan fingerprint density at radius 3 is 2.38 bits per heavy atom. The van der Waals surface area contributed by atoms with Crippen LogP contribution in [-0.4, -0.2) is 25.2 Å². The fraction of sp³-hybridized carbons (Fsp3) is 0.588. The first-order valence-electron chi connectivity index (χ1n) is 7.80. The quantitative estimate of drug-likeness (QED) is 0.847. The zero-order valence-electron chi connectivity index (χ0n) is 12.9. The molecule has 1 unspecified atom stereocenters. The van der Waals surface area contributed by atoms with Crippen LogP contribution in [0.1, 0.15) is 45.4 Å². The van der Waals surface area contributed by atoms with Crippen molar-refractivity contribution >= 4 is 5.91 Å². The number of rotatable bonds is 5. The zero-order valence-corrected chi connectivity index (χ0v) is 12.9. The highest BCUT2D eigenvalue weighted by Crippen LogP contribution is 2.27. The minimum absolute atomic E-state index is 0.0483. The zero-order chi connectivity index (χ0) is 15.1. The van der Waals surface area contributed by atoms with Gasteiger partial charge in [-0.25, -0.2) is 0 Å². The smallest absolute Gasteiger partial charge is 0.260 e. The Hall–Kier alpha value is -1.71. The van der Waals surface area contributed by atoms with Crippen molar-refractivity contribution < 1.29 is 14.3 Å². The predicted octanol–water partition coefficient (Wildman–Crippen LogP) is 3.30. The van der Waals surface area contributed by atoms with E-state index in [4.69, 9.17) is 9.47 Å². The Bertz CT molecular complexity index is 453. The minimum atomic E-state index is -0.524. The van der Waals surface area contributed by atoms with Crippen LogP contribution in [0.2, 0.25) is 0 Å². The third kappa shape index (κ3) is 4.66. The van der Waals surface area contributed by atoms with Gasteiger partial charge in [-0.05, 0) is 31.9 Å². The van der Waals surface area contributed by atoms with Crippen molar-refractivity contribution in [2.45, 2.75) is 57.6 Å². The minimum Gasteiger partial charge on any atom is -0.493 e. The average molecular weight is 291 g/mol. The van der Waals surface area contributed by atoms with E-state index in [-0.39, 0.29) is 5.91 Å². The molecule has 2 rings (SSSR count). The fourth-order valence-electron chi connectivity index (χ4n) is 2.70. The van der Waals surface area contributed by atoms with Gasteiger partial charge in [0.2, 0.25) is 0 Å². The van der Waals surface area contributed by atoms with E-state index >= 15 is 0 Å². The van der Waals surface area contributed by atoms with Crippen LogP contribution in [0.3, 0.4) is 0 Å². The second-order valence-electron chi connectivity index (χ2n) is 5.61. The summed E-state index contributed by atoms with van der Waals surface area (Å²) in [6, 6.07) is 7.68. The topological polar surface area (TPSA) is 47.6 Å². The monoisotopic (exact) mass is 291 g/mol. The lowest BCUT2D eigenvalue weighted by Crippen LogP contribution is -2.42. The number of carbonyl (C=O) groups is 1. The fourth-order valence-corrected chi connectivity index (χ4v) is 2.70. The van der Waals surface area contributed by atoms with E-state index in [0.29, 0.717) is 17.5 Å². The van der Waals surface area contributed by atoms with Crippen molar-refractivity contribution in [3.05, 3.63) is 24.3 Å². The first-order chi connectivity index (χ1) is 10.2. The number of nitrogens with one attached hydrogen (secondary N) is 1. The van der Waals surface area contributed by atoms with E-state index in [1.165, 1.54) is 25.7 Å². The number of ether oxygens (including phenoxy) is 2. The maximum atomic E-state index is 12.3. The van der Waals surface area contributed by atoms with Crippen LogP contribution in [0.25, 0.3) is 0 Å². The van der Waals surface area contributed by atoms with E-state index in [9.17, 15) is 4.79 Å². The van der Waals surface area contributed by atoms with Gasteiger partial charge in [-0.15, -0.1) is 0 Å². The Morgan fingerprint density at radius 1 is 1.14 bits per heavy atom. The highest BCUT2D eigenvalue weighted by Gasteiger charge is 2.20. The molecule has 4 heteroatoms. The van der Waals surface area contributed by atoms with Gasteiger partial charge in [-0.3, -0.25) is 4.79 Å². The number of hydrogen-bond acceptors (Lipinski definition) is 3. The van der Waals surface area contributed by atoms with Gasteiger partial charge in [0.15, 0.2) is 17.6 Å². The highest BCUT2D eigenvalue weighted by atomic mass is 16.5. The maximum Gasteiger partial charge on any atom is 0.260 e. The maximum absolute atomic E-state index is 12.3. The summed E-state index contributed by atoms with van der Waals surface area (Å²) in [4.78, 5) is 12.3. The molecule has 1 atom stereocenters. The number of amides is 1. The summed E-state index contributed by atoms with van der Waals surface area (Å²) in [5.41, 5.74) is 0. The number of carbonyl (C=O) groups excluding carboxylic acids is 1. The van der Waals surface area contributed by atoms with Gasteiger partial charge in [0.25, 0.3) is 5.91 Å². The third-order valence-corrected chi connectivity index (χ3v) is 3.94. The van der Waals surface area contributed by atoms with Crippen molar-refractivity contribution in [3.8, 4) is 11.5 Å². The molecular formula is C17H25NO3. The van der Waals surface area contributed by atoms with Crippen molar-refractivity contribution in [1.82, 2.24) is 5.32 Å². The van der Waals surface area contributed by atoms with Crippen molar-refractivity contribution in [2.24, 2.45) is 0 Å². The summed E-state index contributed by atoms with van der Waals surface area (Å²) < 4.78 is 11.0. The van der Waals surface area contributed by atoms with Gasteiger partial charge < -0.3 is 14.8 Å². The molecule has 0 saturated heterocycles. The van der Waals surface area contributed by atoms with Gasteiger partial charge >= 0.3 is 0 Å². The van der Waals surface area contributed by atoms with Crippen LogP contribution in [-0.2, 0) is 4.79 Å². The first-order valence-corrected chi connectivity index (χ1v) is 7.80. The molecule has 1 fully saturated rings. The summed E-state index contributed by atoms with van der Waals surface area (Å²) in [6.45, 7) is 1.78. The van der Waals surface area contributed by atoms with Crippen LogP contribution >= 0.6 is 0 Å². The normalized spacial score (nSPS) is 17.6. The molecule has 1 aliphatic rings. The lowest BCUT2D eigenvalue weighted by atomic mass is 10.1. The predicted molar refractivity (Wildman–Crippen MR) is 82.7 cm³/mol. The molecule has 1 aliphatic carbocycles. The number of para-hydroxylation sites is 2. The molecule has 0 heterocycles. The van der Waals surface area contributed by atoms with Gasteiger partial charge in [0, 0.05) is 6.04 Å². The Morgan fingerprint density at radius 2 is 1.76 bits per heavy atom. The molecular weight excluding hydrogens is 266 g/mol. The molecule has 0 bridgehead atoms. The van der Waals surface area contributed by atoms with Gasteiger partial charge in [-0.2, -0.15) is 0 Å². The molecule has 1 aromatic rings. The van der Waals surface area contributed by atoms with Crippen LogP contribution in [0.15, 0.2) is 24.3 Å². The van der Waals surface area contributed by atoms with E-state index in [0.717, 1.165) is 12.8 Å². The second-order valence-corrected chi connectivity index (χ2v) is 5.61. The molecule has 1 aromatic carbocycles. The van der Waals surface area contributed by atoms with Gasteiger partial charge in [-0.1, -0.05) is 37.8 Å². The SMILES string of the molecule is COc1ccccc1OC(C)C(=O)NC1CCCCCC1. The molecule has 1 N–H and O–H groups in total. The molecule has 0 aliphatic heterocycles. The van der Waals surface area contributed by atoms with Crippen LogP contribution in [0.4, 0.5) is 0 Å². The van der Waals surface area contributed by atoms with E-state index in [1.54, 1.807) is 14.0 Å². The molecule has 116 valence electrons. The number of benzene rings is 1. The number of hydrogen-bond donors (Lipinski definition) is 1. The van der Waals surface area contributed by atoms with Crippen molar-refractivity contribution in [1.29, 1.82) is 0 Å². The van der Waals surface area contributed by atoms with E-state index < -0.39 is 6.10 Å². The molecule has 0 radical (unpaired) electrons. The van der Waals surface area contributed by atoms with Gasteiger partial charge in [0.1, 0.15) is 0 Å². The largest absolute Gasteiger partial charge is 0.493 e. The molecule has 0 spiro atoms. The van der Waals surface area contributed by atoms with Crippen molar-refractivity contribution in [3.63, 3.8) is 0 Å². The molecule has 21 heavy (non-hydrogen) atoms. The summed E-state index contributed by atoms with van der Waals surface area (Å²) in [7, 11) is 1.60. The second kappa shape index (κ2) is 7.91. The molecule has 0 aromatic heterocycles. The van der Waals surface area contributed by atoms with Gasteiger partial charge in [0.05, 0.1) is 7.11 Å². The van der Waals surface area contributed by atoms with Crippen molar-refractivity contribution in [2.75, 3.05) is 7.11 Å². The lowest BCUT2D eigenvalue weighted by molar-refractivity contribution is -0.128. The molecule has 1 saturated carbocycles. The van der Waals surface area contributed by atoms with Crippen LogP contribution < -0.4 is 14.8 Å². The Kier molecular flexibility index (Phi) is 5.90. The van der Waals surface area contributed by atoms with E-state index in [1.807, 2.05) is 24.3 Å². The summed E-state index contributed by atoms with van der Waals surface area (Å²) in [5.74, 6) is 1.20.